The Kier molecular flexibility index (Phi) is 3.53. The van der Waals surface area contributed by atoms with Gasteiger partial charge in [-0.1, -0.05) is 72.3 Å². The van der Waals surface area contributed by atoms with Gasteiger partial charge in [0.1, 0.15) is 0 Å². The van der Waals surface area contributed by atoms with Crippen LogP contribution in [0.25, 0.3) is 38.4 Å². The fourth-order valence-corrected chi connectivity index (χ4v) is 4.34. The van der Waals surface area contributed by atoms with Gasteiger partial charge in [-0.2, -0.15) is 0 Å². The Balaban J connectivity index is 1.54. The molecule has 30 heavy (non-hydrogen) atoms. The Hall–Kier alpha value is -3.98. The molecule has 5 aromatic rings. The van der Waals surface area contributed by atoms with Gasteiger partial charge < -0.3 is 4.74 Å². The van der Waals surface area contributed by atoms with Crippen LogP contribution in [0, 0.1) is 6.92 Å². The molecular formula is C27H17NO2. The van der Waals surface area contributed by atoms with E-state index in [2.05, 4.69) is 53.5 Å². The molecule has 0 spiro atoms. The van der Waals surface area contributed by atoms with Gasteiger partial charge in [-0.3, -0.25) is 0 Å². The first kappa shape index (κ1) is 16.9. The molecule has 0 N–H and O–H groups in total. The van der Waals surface area contributed by atoms with Crippen molar-refractivity contribution in [3.05, 3.63) is 101 Å². The molecule has 0 unspecified atom stereocenters. The van der Waals surface area contributed by atoms with Gasteiger partial charge in [-0.25, -0.2) is 9.79 Å². The Labute approximate surface area is 173 Å². The van der Waals surface area contributed by atoms with E-state index in [9.17, 15) is 4.79 Å². The average Bonchev–Trinajstić information content (AvgIpc) is 3.13. The number of aryl methyl sites for hydroxylation is 1. The Bertz CT molecular complexity index is 1530. The molecule has 0 amide bonds. The lowest BCUT2D eigenvalue weighted by Gasteiger charge is -2.12. The summed E-state index contributed by atoms with van der Waals surface area (Å²) < 4.78 is 5.46. The van der Waals surface area contributed by atoms with Crippen LogP contribution in [0.15, 0.2) is 89.6 Å². The zero-order chi connectivity index (χ0) is 20.2. The van der Waals surface area contributed by atoms with Gasteiger partial charge in [0.05, 0.1) is 0 Å². The fraction of sp³-hybridized carbons (Fsp3) is 0.0370. The van der Waals surface area contributed by atoms with E-state index in [4.69, 9.17) is 4.74 Å². The maximum atomic E-state index is 12.5. The van der Waals surface area contributed by atoms with E-state index in [-0.39, 0.29) is 0 Å². The summed E-state index contributed by atoms with van der Waals surface area (Å²) in [6.07, 6.45) is 1.83. The third-order valence-electron chi connectivity index (χ3n) is 5.74. The summed E-state index contributed by atoms with van der Waals surface area (Å²) in [5.74, 6) is -0.0649. The van der Waals surface area contributed by atoms with Crippen LogP contribution in [0.4, 0.5) is 0 Å². The molecule has 5 aromatic carbocycles. The highest BCUT2D eigenvalue weighted by atomic mass is 16.6. The lowest BCUT2D eigenvalue weighted by Crippen LogP contribution is -2.05. The van der Waals surface area contributed by atoms with Gasteiger partial charge in [-0.15, -0.1) is 0 Å². The maximum absolute atomic E-state index is 12.5. The minimum atomic E-state index is -0.419. The highest BCUT2D eigenvalue weighted by Crippen LogP contribution is 2.36. The summed E-state index contributed by atoms with van der Waals surface area (Å²) >= 11 is 0. The van der Waals surface area contributed by atoms with Crippen molar-refractivity contribution in [3.63, 3.8) is 0 Å². The monoisotopic (exact) mass is 387 g/mol. The number of aliphatic imine (C=N–C) groups is 1. The molecule has 142 valence electrons. The molecule has 3 heteroatoms. The van der Waals surface area contributed by atoms with E-state index in [1.165, 1.54) is 26.9 Å². The zero-order valence-electron chi connectivity index (χ0n) is 16.3. The van der Waals surface area contributed by atoms with Crippen molar-refractivity contribution in [2.24, 2.45) is 4.99 Å². The van der Waals surface area contributed by atoms with Crippen molar-refractivity contribution >= 4 is 50.3 Å². The second-order valence-electron chi connectivity index (χ2n) is 7.72. The molecule has 0 atom stereocenters. The molecule has 1 aliphatic heterocycles. The van der Waals surface area contributed by atoms with E-state index in [0.717, 1.165) is 22.1 Å². The summed E-state index contributed by atoms with van der Waals surface area (Å²) in [5, 5.41) is 7.21. The van der Waals surface area contributed by atoms with E-state index < -0.39 is 5.97 Å². The van der Waals surface area contributed by atoms with E-state index >= 15 is 0 Å². The number of esters is 1. The number of carbonyl (C=O) groups excluding carboxylic acids is 1. The second-order valence-corrected chi connectivity index (χ2v) is 7.72. The van der Waals surface area contributed by atoms with Crippen LogP contribution in [0.2, 0.25) is 0 Å². The van der Waals surface area contributed by atoms with Crippen molar-refractivity contribution in [2.45, 2.75) is 6.92 Å². The van der Waals surface area contributed by atoms with Crippen molar-refractivity contribution in [3.8, 4) is 0 Å². The SMILES string of the molecule is Cc1cccc(C2=N/C(=C\c3ccc4ccc5cccc6ccc3c4c56)C(=O)O2)c1. The quantitative estimate of drug-likeness (QED) is 0.204. The molecule has 3 nitrogen and oxygen atoms in total. The molecule has 0 aliphatic carbocycles. The zero-order valence-corrected chi connectivity index (χ0v) is 16.3. The molecular weight excluding hydrogens is 370 g/mol. The van der Waals surface area contributed by atoms with E-state index in [0.29, 0.717) is 11.6 Å². The summed E-state index contributed by atoms with van der Waals surface area (Å²) in [6.45, 7) is 2.00. The van der Waals surface area contributed by atoms with Gasteiger partial charge in [0, 0.05) is 5.56 Å². The number of hydrogen-bond acceptors (Lipinski definition) is 3. The molecule has 0 bridgehead atoms. The van der Waals surface area contributed by atoms with Crippen LogP contribution in [0.5, 0.6) is 0 Å². The number of hydrogen-bond donors (Lipinski definition) is 0. The predicted molar refractivity (Wildman–Crippen MR) is 122 cm³/mol. The molecule has 0 saturated carbocycles. The average molecular weight is 387 g/mol. The van der Waals surface area contributed by atoms with Crippen LogP contribution in [0.1, 0.15) is 16.7 Å². The molecule has 0 radical (unpaired) electrons. The predicted octanol–water partition coefficient (Wildman–Crippen LogP) is 6.24. The Morgan fingerprint density at radius 1 is 0.800 bits per heavy atom. The molecule has 0 fully saturated rings. The second kappa shape index (κ2) is 6.26. The van der Waals surface area contributed by atoms with Crippen LogP contribution in [-0.4, -0.2) is 11.9 Å². The van der Waals surface area contributed by atoms with Crippen molar-refractivity contribution in [1.29, 1.82) is 0 Å². The first-order valence-electron chi connectivity index (χ1n) is 9.93. The number of cyclic esters (lactones) is 1. The number of benzene rings is 5. The summed E-state index contributed by atoms with van der Waals surface area (Å²) in [7, 11) is 0. The Morgan fingerprint density at radius 3 is 2.30 bits per heavy atom. The summed E-state index contributed by atoms with van der Waals surface area (Å²) in [4.78, 5) is 17.0. The van der Waals surface area contributed by atoms with Crippen molar-refractivity contribution in [2.75, 3.05) is 0 Å². The van der Waals surface area contributed by atoms with Gasteiger partial charge >= 0.3 is 5.97 Å². The van der Waals surface area contributed by atoms with Crippen LogP contribution < -0.4 is 0 Å². The maximum Gasteiger partial charge on any atom is 0.363 e. The molecule has 1 heterocycles. The highest BCUT2D eigenvalue weighted by Gasteiger charge is 2.24. The lowest BCUT2D eigenvalue weighted by molar-refractivity contribution is -0.129. The first-order chi connectivity index (χ1) is 14.7. The number of rotatable bonds is 2. The smallest absolute Gasteiger partial charge is 0.363 e. The minimum Gasteiger partial charge on any atom is -0.402 e. The third-order valence-corrected chi connectivity index (χ3v) is 5.74. The largest absolute Gasteiger partial charge is 0.402 e. The minimum absolute atomic E-state index is 0.321. The topological polar surface area (TPSA) is 38.7 Å². The molecule has 6 rings (SSSR count). The van der Waals surface area contributed by atoms with Crippen LogP contribution in [-0.2, 0) is 9.53 Å². The summed E-state index contributed by atoms with van der Waals surface area (Å²) in [5.41, 5.74) is 3.18. The number of ether oxygens (including phenoxy) is 1. The summed E-state index contributed by atoms with van der Waals surface area (Å²) in [6, 6.07) is 26.9. The first-order valence-corrected chi connectivity index (χ1v) is 9.93. The Morgan fingerprint density at radius 2 is 1.50 bits per heavy atom. The van der Waals surface area contributed by atoms with Gasteiger partial charge in [0.15, 0.2) is 5.70 Å². The fourth-order valence-electron chi connectivity index (χ4n) is 4.34. The molecule has 0 saturated heterocycles. The molecule has 1 aliphatic rings. The normalized spacial score (nSPS) is 15.4. The molecule has 0 aromatic heterocycles. The lowest BCUT2D eigenvalue weighted by atomic mass is 9.92. The number of nitrogens with zero attached hydrogens (tertiary/aromatic N) is 1. The van der Waals surface area contributed by atoms with Crippen molar-refractivity contribution in [1.82, 2.24) is 0 Å². The van der Waals surface area contributed by atoms with Gasteiger partial charge in [0.25, 0.3) is 0 Å². The van der Waals surface area contributed by atoms with E-state index in [1.807, 2.05) is 43.3 Å². The standard InChI is InChI=1S/C27H17NO2/c1-16-4-2-7-21(14-16)26-28-23(27(29)30-26)15-20-11-10-19-9-8-17-5-3-6-18-12-13-22(20)25(19)24(17)18/h2-15H,1H3/b23-15-. The van der Waals surface area contributed by atoms with Crippen LogP contribution in [0.3, 0.4) is 0 Å². The van der Waals surface area contributed by atoms with Gasteiger partial charge in [0.2, 0.25) is 5.90 Å². The number of carbonyl (C=O) groups is 1. The highest BCUT2D eigenvalue weighted by molar-refractivity contribution is 6.24. The van der Waals surface area contributed by atoms with Crippen molar-refractivity contribution < 1.29 is 9.53 Å². The third kappa shape index (κ3) is 2.52. The van der Waals surface area contributed by atoms with E-state index in [1.54, 1.807) is 0 Å². The van der Waals surface area contributed by atoms with Gasteiger partial charge in [-0.05, 0) is 63.0 Å². The van der Waals surface area contributed by atoms with Crippen LogP contribution >= 0.6 is 0 Å².